The Bertz CT molecular complexity index is 500. The molecule has 0 amide bonds. The van der Waals surface area contributed by atoms with E-state index < -0.39 is 0 Å². The third-order valence-electron chi connectivity index (χ3n) is 2.72. The first-order valence-electron chi connectivity index (χ1n) is 5.39. The SMILES string of the molecule is CN(C)CCn1ccc2cc(C=O)ccc21. The molecule has 0 fully saturated rings. The average Bonchev–Trinajstić information content (AvgIpc) is 2.68. The lowest BCUT2D eigenvalue weighted by Crippen LogP contribution is -2.17. The van der Waals surface area contributed by atoms with E-state index in [4.69, 9.17) is 0 Å². The van der Waals surface area contributed by atoms with Gasteiger partial charge in [0, 0.05) is 35.8 Å². The number of hydrogen-bond acceptors (Lipinski definition) is 2. The van der Waals surface area contributed by atoms with Crippen molar-refractivity contribution in [2.24, 2.45) is 0 Å². The fourth-order valence-electron chi connectivity index (χ4n) is 1.79. The van der Waals surface area contributed by atoms with Gasteiger partial charge >= 0.3 is 0 Å². The van der Waals surface area contributed by atoms with Gasteiger partial charge in [0.25, 0.3) is 0 Å². The minimum Gasteiger partial charge on any atom is -0.346 e. The van der Waals surface area contributed by atoms with Gasteiger partial charge in [-0.2, -0.15) is 0 Å². The Morgan fingerprint density at radius 1 is 1.31 bits per heavy atom. The van der Waals surface area contributed by atoms with Crippen molar-refractivity contribution in [3.8, 4) is 0 Å². The van der Waals surface area contributed by atoms with Gasteiger partial charge in [-0.05, 0) is 38.4 Å². The third-order valence-corrected chi connectivity index (χ3v) is 2.72. The summed E-state index contributed by atoms with van der Waals surface area (Å²) in [5.74, 6) is 0. The van der Waals surface area contributed by atoms with Gasteiger partial charge in [-0.1, -0.05) is 0 Å². The van der Waals surface area contributed by atoms with E-state index in [0.717, 1.165) is 30.3 Å². The highest BCUT2D eigenvalue weighted by atomic mass is 16.1. The van der Waals surface area contributed by atoms with Crippen LogP contribution >= 0.6 is 0 Å². The van der Waals surface area contributed by atoms with Crippen LogP contribution in [0.1, 0.15) is 10.4 Å². The molecule has 0 spiro atoms. The summed E-state index contributed by atoms with van der Waals surface area (Å²) in [6.45, 7) is 1.98. The van der Waals surface area contributed by atoms with E-state index in [-0.39, 0.29) is 0 Å². The van der Waals surface area contributed by atoms with Crippen LogP contribution in [-0.4, -0.2) is 36.4 Å². The highest BCUT2D eigenvalue weighted by Crippen LogP contribution is 2.16. The predicted octanol–water partition coefficient (Wildman–Crippen LogP) is 2.02. The predicted molar refractivity (Wildman–Crippen MR) is 65.9 cm³/mol. The van der Waals surface area contributed by atoms with Gasteiger partial charge in [-0.15, -0.1) is 0 Å². The van der Waals surface area contributed by atoms with Gasteiger partial charge in [-0.25, -0.2) is 0 Å². The van der Waals surface area contributed by atoms with Gasteiger partial charge in [0.15, 0.2) is 0 Å². The second-order valence-electron chi connectivity index (χ2n) is 4.25. The number of fused-ring (bicyclic) bond motifs is 1. The highest BCUT2D eigenvalue weighted by Gasteiger charge is 2.02. The Kier molecular flexibility index (Phi) is 3.06. The first kappa shape index (κ1) is 10.9. The number of carbonyl (C=O) groups excluding carboxylic acids is 1. The fraction of sp³-hybridized carbons (Fsp3) is 0.308. The Hall–Kier alpha value is -1.61. The molecule has 3 nitrogen and oxygen atoms in total. The van der Waals surface area contributed by atoms with E-state index in [9.17, 15) is 4.79 Å². The van der Waals surface area contributed by atoms with Crippen molar-refractivity contribution >= 4 is 17.2 Å². The van der Waals surface area contributed by atoms with Crippen molar-refractivity contribution in [2.45, 2.75) is 6.54 Å². The Balaban J connectivity index is 2.30. The first-order valence-corrected chi connectivity index (χ1v) is 5.39. The van der Waals surface area contributed by atoms with Crippen LogP contribution in [0.3, 0.4) is 0 Å². The third kappa shape index (κ3) is 2.14. The molecule has 1 aromatic carbocycles. The average molecular weight is 216 g/mol. The summed E-state index contributed by atoms with van der Waals surface area (Å²) in [6, 6.07) is 7.85. The topological polar surface area (TPSA) is 25.2 Å². The minimum atomic E-state index is 0.734. The Morgan fingerprint density at radius 3 is 2.81 bits per heavy atom. The van der Waals surface area contributed by atoms with Crippen LogP contribution in [0.4, 0.5) is 0 Å². The van der Waals surface area contributed by atoms with Crippen molar-refractivity contribution in [1.82, 2.24) is 9.47 Å². The fourth-order valence-corrected chi connectivity index (χ4v) is 1.79. The number of carbonyl (C=O) groups is 1. The van der Waals surface area contributed by atoms with E-state index in [1.165, 1.54) is 5.52 Å². The van der Waals surface area contributed by atoms with Crippen LogP contribution in [0.15, 0.2) is 30.5 Å². The molecule has 0 aliphatic rings. The number of rotatable bonds is 4. The molecule has 0 N–H and O–H groups in total. The normalized spacial score (nSPS) is 11.2. The summed E-state index contributed by atoms with van der Waals surface area (Å²) in [5.41, 5.74) is 1.92. The van der Waals surface area contributed by atoms with Crippen LogP contribution < -0.4 is 0 Å². The molecule has 0 saturated heterocycles. The van der Waals surface area contributed by atoms with E-state index >= 15 is 0 Å². The highest BCUT2D eigenvalue weighted by molar-refractivity contribution is 5.87. The number of aldehydes is 1. The van der Waals surface area contributed by atoms with Crippen molar-refractivity contribution in [1.29, 1.82) is 0 Å². The van der Waals surface area contributed by atoms with Crippen LogP contribution in [0.2, 0.25) is 0 Å². The molecule has 2 rings (SSSR count). The molecule has 1 heterocycles. The maximum absolute atomic E-state index is 10.7. The van der Waals surface area contributed by atoms with Crippen LogP contribution in [0.25, 0.3) is 10.9 Å². The molecule has 2 aromatic rings. The number of hydrogen-bond donors (Lipinski definition) is 0. The smallest absolute Gasteiger partial charge is 0.150 e. The summed E-state index contributed by atoms with van der Waals surface area (Å²) in [7, 11) is 4.13. The lowest BCUT2D eigenvalue weighted by Gasteiger charge is -2.11. The summed E-state index contributed by atoms with van der Waals surface area (Å²) in [6.07, 6.45) is 2.96. The van der Waals surface area contributed by atoms with Crippen molar-refractivity contribution in [3.05, 3.63) is 36.0 Å². The summed E-state index contributed by atoms with van der Waals surface area (Å²) >= 11 is 0. The first-order chi connectivity index (χ1) is 7.70. The molecule has 16 heavy (non-hydrogen) atoms. The monoisotopic (exact) mass is 216 g/mol. The van der Waals surface area contributed by atoms with Crippen molar-refractivity contribution in [3.63, 3.8) is 0 Å². The summed E-state index contributed by atoms with van der Waals surface area (Å²) in [4.78, 5) is 12.8. The molecule has 3 heteroatoms. The second kappa shape index (κ2) is 4.49. The molecule has 0 bridgehead atoms. The van der Waals surface area contributed by atoms with Gasteiger partial charge < -0.3 is 9.47 Å². The summed E-state index contributed by atoms with van der Waals surface area (Å²) < 4.78 is 2.21. The summed E-state index contributed by atoms with van der Waals surface area (Å²) in [5, 5.41) is 1.13. The molecule has 0 saturated carbocycles. The standard InChI is InChI=1S/C13H16N2O/c1-14(2)7-8-15-6-5-12-9-11(10-16)3-4-13(12)15/h3-6,9-10H,7-8H2,1-2H3. The molecular formula is C13H16N2O. The van der Waals surface area contributed by atoms with Crippen LogP contribution in [-0.2, 0) is 6.54 Å². The second-order valence-corrected chi connectivity index (χ2v) is 4.25. The number of nitrogens with zero attached hydrogens (tertiary/aromatic N) is 2. The largest absolute Gasteiger partial charge is 0.346 e. The van der Waals surface area contributed by atoms with E-state index in [1.54, 1.807) is 0 Å². The molecule has 0 radical (unpaired) electrons. The molecule has 1 aromatic heterocycles. The number of aromatic nitrogens is 1. The van der Waals surface area contributed by atoms with Gasteiger partial charge in [0.1, 0.15) is 6.29 Å². The number of benzene rings is 1. The zero-order chi connectivity index (χ0) is 11.5. The molecule has 0 atom stereocenters. The van der Waals surface area contributed by atoms with E-state index in [1.807, 2.05) is 18.2 Å². The Morgan fingerprint density at radius 2 is 2.12 bits per heavy atom. The lowest BCUT2D eigenvalue weighted by atomic mass is 10.2. The number of likely N-dealkylation sites (N-methyl/N-ethyl adjacent to an activating group) is 1. The zero-order valence-electron chi connectivity index (χ0n) is 9.68. The van der Waals surface area contributed by atoms with Gasteiger partial charge in [0.05, 0.1) is 0 Å². The quantitative estimate of drug-likeness (QED) is 0.730. The maximum atomic E-state index is 10.7. The minimum absolute atomic E-state index is 0.734. The Labute approximate surface area is 95.3 Å². The van der Waals surface area contributed by atoms with Crippen molar-refractivity contribution in [2.75, 3.05) is 20.6 Å². The molecule has 0 aliphatic carbocycles. The van der Waals surface area contributed by atoms with Gasteiger partial charge in [-0.3, -0.25) is 4.79 Å². The molecule has 0 aliphatic heterocycles. The molecule has 0 unspecified atom stereocenters. The molecule has 84 valence electrons. The maximum Gasteiger partial charge on any atom is 0.150 e. The van der Waals surface area contributed by atoms with Crippen molar-refractivity contribution < 1.29 is 4.79 Å². The van der Waals surface area contributed by atoms with E-state index in [2.05, 4.69) is 35.8 Å². The molecular weight excluding hydrogens is 200 g/mol. The van der Waals surface area contributed by atoms with Crippen LogP contribution in [0.5, 0.6) is 0 Å². The van der Waals surface area contributed by atoms with E-state index in [0.29, 0.717) is 0 Å². The lowest BCUT2D eigenvalue weighted by molar-refractivity contribution is 0.112. The van der Waals surface area contributed by atoms with Crippen LogP contribution in [0, 0.1) is 0 Å². The zero-order valence-corrected chi connectivity index (χ0v) is 9.68. The van der Waals surface area contributed by atoms with Gasteiger partial charge in [0.2, 0.25) is 0 Å².